The summed E-state index contributed by atoms with van der Waals surface area (Å²) < 4.78 is 11.0. The normalized spacial score (nSPS) is 10.7. The third kappa shape index (κ3) is 3.85. The molecule has 0 radical (unpaired) electrons. The molecular formula is C19H13N3O4S. The number of nitrogens with zero attached hydrogens (tertiary/aromatic N) is 3. The molecule has 0 aliphatic heterocycles. The summed E-state index contributed by atoms with van der Waals surface area (Å²) in [5, 5.41) is 16.6. The second-order valence-corrected chi connectivity index (χ2v) is 6.58. The highest BCUT2D eigenvalue weighted by Gasteiger charge is 2.11. The number of aromatic nitrogens is 2. The highest BCUT2D eigenvalue weighted by Crippen LogP contribution is 2.26. The van der Waals surface area contributed by atoms with E-state index in [4.69, 9.17) is 9.26 Å². The van der Waals surface area contributed by atoms with Crippen LogP contribution in [-0.2, 0) is 6.61 Å². The van der Waals surface area contributed by atoms with E-state index in [1.165, 1.54) is 12.1 Å². The Bertz CT molecular complexity index is 1040. The Morgan fingerprint density at radius 3 is 2.52 bits per heavy atom. The summed E-state index contributed by atoms with van der Waals surface area (Å²) in [6.45, 7) is 0.322. The molecule has 0 N–H and O–H groups in total. The van der Waals surface area contributed by atoms with Crippen LogP contribution in [0.5, 0.6) is 5.75 Å². The molecule has 134 valence electrons. The molecule has 7 nitrogen and oxygen atoms in total. The van der Waals surface area contributed by atoms with Crippen LogP contribution in [0.1, 0.15) is 5.56 Å². The van der Waals surface area contributed by atoms with Crippen molar-refractivity contribution in [3.8, 4) is 27.9 Å². The topological polar surface area (TPSA) is 91.3 Å². The zero-order chi connectivity index (χ0) is 18.6. The molecule has 0 fully saturated rings. The Morgan fingerprint density at radius 2 is 1.85 bits per heavy atom. The van der Waals surface area contributed by atoms with E-state index in [0.29, 0.717) is 24.1 Å². The number of nitro groups is 1. The van der Waals surface area contributed by atoms with Crippen molar-refractivity contribution in [2.45, 2.75) is 6.61 Å². The summed E-state index contributed by atoms with van der Waals surface area (Å²) in [4.78, 5) is 15.6. The van der Waals surface area contributed by atoms with Crippen LogP contribution >= 0.6 is 11.3 Å². The monoisotopic (exact) mass is 379 g/mol. The van der Waals surface area contributed by atoms with Crippen LogP contribution in [0.4, 0.5) is 5.69 Å². The van der Waals surface area contributed by atoms with Crippen molar-refractivity contribution in [2.75, 3.05) is 0 Å². The number of nitro benzene ring substituents is 1. The Morgan fingerprint density at radius 1 is 1.07 bits per heavy atom. The molecule has 0 saturated heterocycles. The van der Waals surface area contributed by atoms with Gasteiger partial charge in [0.1, 0.15) is 12.4 Å². The lowest BCUT2D eigenvalue weighted by Crippen LogP contribution is -1.96. The summed E-state index contributed by atoms with van der Waals surface area (Å²) in [5.41, 5.74) is 1.73. The molecule has 0 aliphatic carbocycles. The van der Waals surface area contributed by atoms with E-state index < -0.39 is 4.92 Å². The highest BCUT2D eigenvalue weighted by molar-refractivity contribution is 7.13. The molecule has 4 aromatic rings. The summed E-state index contributed by atoms with van der Waals surface area (Å²) in [7, 11) is 0. The minimum atomic E-state index is -0.425. The van der Waals surface area contributed by atoms with E-state index in [1.807, 2.05) is 41.8 Å². The average Bonchev–Trinajstić information content (AvgIpc) is 3.39. The summed E-state index contributed by atoms with van der Waals surface area (Å²) in [6.07, 6.45) is 0. The van der Waals surface area contributed by atoms with Gasteiger partial charge in [0.05, 0.1) is 9.80 Å². The van der Waals surface area contributed by atoms with E-state index >= 15 is 0 Å². The minimum absolute atomic E-state index is 0.0603. The summed E-state index contributed by atoms with van der Waals surface area (Å²) >= 11 is 1.54. The Hall–Kier alpha value is -3.52. The van der Waals surface area contributed by atoms with Crippen molar-refractivity contribution in [1.29, 1.82) is 0 Å². The van der Waals surface area contributed by atoms with Crippen LogP contribution in [0.25, 0.3) is 22.2 Å². The van der Waals surface area contributed by atoms with Gasteiger partial charge in [-0.05, 0) is 53.4 Å². The van der Waals surface area contributed by atoms with Gasteiger partial charge in [0.25, 0.3) is 11.6 Å². The first kappa shape index (κ1) is 16.9. The fourth-order valence-electron chi connectivity index (χ4n) is 2.42. The minimum Gasteiger partial charge on any atom is -0.489 e. The van der Waals surface area contributed by atoms with Gasteiger partial charge in [-0.15, -0.1) is 11.3 Å². The fourth-order valence-corrected chi connectivity index (χ4v) is 3.07. The molecular weight excluding hydrogens is 366 g/mol. The number of ether oxygens (including phenoxy) is 1. The number of thiophene rings is 1. The van der Waals surface area contributed by atoms with Crippen molar-refractivity contribution in [3.63, 3.8) is 0 Å². The van der Waals surface area contributed by atoms with Gasteiger partial charge in [-0.3, -0.25) is 10.1 Å². The Kier molecular flexibility index (Phi) is 4.63. The molecule has 2 aromatic carbocycles. The molecule has 2 aromatic heterocycles. The number of rotatable bonds is 6. The lowest BCUT2D eigenvalue weighted by molar-refractivity contribution is -0.384. The van der Waals surface area contributed by atoms with Crippen LogP contribution in [0.2, 0.25) is 0 Å². The largest absolute Gasteiger partial charge is 0.489 e. The zero-order valence-electron chi connectivity index (χ0n) is 13.9. The van der Waals surface area contributed by atoms with Crippen molar-refractivity contribution in [3.05, 3.63) is 81.7 Å². The SMILES string of the molecule is O=[N+]([O-])c1ccc(COc2ccc(-c3noc(-c4cccs4)n3)cc2)cc1. The van der Waals surface area contributed by atoms with Crippen molar-refractivity contribution >= 4 is 17.0 Å². The van der Waals surface area contributed by atoms with E-state index in [-0.39, 0.29) is 5.69 Å². The van der Waals surface area contributed by atoms with Crippen LogP contribution in [0, 0.1) is 10.1 Å². The maximum atomic E-state index is 10.7. The quantitative estimate of drug-likeness (QED) is 0.348. The molecule has 27 heavy (non-hydrogen) atoms. The van der Waals surface area contributed by atoms with Gasteiger partial charge in [0, 0.05) is 17.7 Å². The molecule has 0 amide bonds. The molecule has 2 heterocycles. The second-order valence-electron chi connectivity index (χ2n) is 5.64. The first-order valence-corrected chi connectivity index (χ1v) is 8.91. The van der Waals surface area contributed by atoms with Gasteiger partial charge in [-0.2, -0.15) is 4.98 Å². The number of benzene rings is 2. The van der Waals surface area contributed by atoms with Gasteiger partial charge < -0.3 is 9.26 Å². The maximum Gasteiger partial charge on any atom is 0.269 e. The molecule has 8 heteroatoms. The number of non-ortho nitro benzene ring substituents is 1. The molecule has 0 aliphatic rings. The van der Waals surface area contributed by atoms with Crippen LogP contribution in [0.3, 0.4) is 0 Å². The lowest BCUT2D eigenvalue weighted by atomic mass is 10.2. The van der Waals surface area contributed by atoms with Gasteiger partial charge in [-0.1, -0.05) is 11.2 Å². The van der Waals surface area contributed by atoms with Gasteiger partial charge >= 0.3 is 0 Å². The molecule has 0 atom stereocenters. The van der Waals surface area contributed by atoms with E-state index in [2.05, 4.69) is 10.1 Å². The van der Waals surface area contributed by atoms with Gasteiger partial charge in [-0.25, -0.2) is 0 Å². The first-order valence-electron chi connectivity index (χ1n) is 8.03. The van der Waals surface area contributed by atoms with Crippen LogP contribution in [-0.4, -0.2) is 15.1 Å². The predicted molar refractivity (Wildman–Crippen MR) is 100 cm³/mol. The molecule has 0 unspecified atom stereocenters. The van der Waals surface area contributed by atoms with Gasteiger partial charge in [0.15, 0.2) is 0 Å². The molecule has 4 rings (SSSR count). The predicted octanol–water partition coefficient (Wildman–Crippen LogP) is 4.95. The molecule has 0 spiro atoms. The molecule has 0 saturated carbocycles. The first-order chi connectivity index (χ1) is 13.2. The van der Waals surface area contributed by atoms with Crippen LogP contribution < -0.4 is 4.74 Å². The smallest absolute Gasteiger partial charge is 0.269 e. The summed E-state index contributed by atoms with van der Waals surface area (Å²) in [6, 6.07) is 17.5. The molecule has 0 bridgehead atoms. The van der Waals surface area contributed by atoms with Gasteiger partial charge in [0.2, 0.25) is 5.82 Å². The zero-order valence-corrected chi connectivity index (χ0v) is 14.8. The van der Waals surface area contributed by atoms with Crippen molar-refractivity contribution in [1.82, 2.24) is 10.1 Å². The lowest BCUT2D eigenvalue weighted by Gasteiger charge is -2.06. The standard InChI is InChI=1S/C19H13N3O4S/c23-22(24)15-7-3-13(4-8-15)12-25-16-9-5-14(6-10-16)18-20-19(26-21-18)17-2-1-11-27-17/h1-11H,12H2. The Balaban J connectivity index is 1.41. The van der Waals surface area contributed by atoms with E-state index in [0.717, 1.165) is 16.0 Å². The highest BCUT2D eigenvalue weighted by atomic mass is 32.1. The fraction of sp³-hybridized carbons (Fsp3) is 0.0526. The van der Waals surface area contributed by atoms with Crippen LogP contribution in [0.15, 0.2) is 70.6 Å². The summed E-state index contributed by atoms with van der Waals surface area (Å²) in [5.74, 6) is 1.69. The van der Waals surface area contributed by atoms with E-state index in [1.54, 1.807) is 23.5 Å². The van der Waals surface area contributed by atoms with Crippen molar-refractivity contribution < 1.29 is 14.2 Å². The average molecular weight is 379 g/mol. The second kappa shape index (κ2) is 7.38. The van der Waals surface area contributed by atoms with Crippen molar-refractivity contribution in [2.24, 2.45) is 0 Å². The van der Waals surface area contributed by atoms with E-state index in [9.17, 15) is 10.1 Å². The third-order valence-electron chi connectivity index (χ3n) is 3.82. The Labute approximate surface area is 158 Å². The number of hydrogen-bond donors (Lipinski definition) is 0. The number of hydrogen-bond acceptors (Lipinski definition) is 7. The third-order valence-corrected chi connectivity index (χ3v) is 4.68. The maximum absolute atomic E-state index is 10.7.